The molecular weight excluding hydrogens is 280 g/mol. The number of amides is 1. The molecule has 20 heavy (non-hydrogen) atoms. The van der Waals surface area contributed by atoms with E-state index in [1.165, 1.54) is 0 Å². The molecule has 0 saturated carbocycles. The summed E-state index contributed by atoms with van der Waals surface area (Å²) in [6, 6.07) is 7.11. The van der Waals surface area contributed by atoms with Gasteiger partial charge in [0.05, 0.1) is 10.6 Å². The van der Waals surface area contributed by atoms with Gasteiger partial charge in [-0.2, -0.15) is 5.10 Å². The first-order valence-electron chi connectivity index (χ1n) is 6.01. The van der Waals surface area contributed by atoms with Gasteiger partial charge in [-0.25, -0.2) is 5.84 Å². The van der Waals surface area contributed by atoms with Gasteiger partial charge in [0, 0.05) is 5.69 Å². The van der Waals surface area contributed by atoms with E-state index in [1.807, 2.05) is 12.1 Å². The average Bonchev–Trinajstić information content (AvgIpc) is 2.82. The lowest BCUT2D eigenvalue weighted by Gasteiger charge is -2.15. The van der Waals surface area contributed by atoms with Crippen molar-refractivity contribution in [2.24, 2.45) is 5.84 Å². The molecule has 0 spiro atoms. The van der Waals surface area contributed by atoms with Crippen molar-refractivity contribution in [1.82, 2.24) is 15.6 Å². The zero-order chi connectivity index (χ0) is 14.7. The highest BCUT2D eigenvalue weighted by Crippen LogP contribution is 2.29. The highest BCUT2D eigenvalue weighted by molar-refractivity contribution is 6.32. The number of hydrogen-bond acceptors (Lipinski definition) is 4. The van der Waals surface area contributed by atoms with Crippen LogP contribution in [0.4, 0.5) is 0 Å². The van der Waals surface area contributed by atoms with E-state index in [2.05, 4.69) is 15.6 Å². The maximum absolute atomic E-state index is 11.8. The minimum absolute atomic E-state index is 0.382. The lowest BCUT2D eigenvalue weighted by Crippen LogP contribution is -2.31. The van der Waals surface area contributed by atoms with E-state index in [0.29, 0.717) is 27.7 Å². The summed E-state index contributed by atoms with van der Waals surface area (Å²) in [4.78, 5) is 11.8. The van der Waals surface area contributed by atoms with Crippen LogP contribution in [0.3, 0.4) is 0 Å². The Kier molecular flexibility index (Phi) is 4.26. The number of carbonyl (C=O) groups excluding carboxylic acids is 1. The lowest BCUT2D eigenvalue weighted by atomic mass is 10.1. The van der Waals surface area contributed by atoms with Crippen LogP contribution in [0.1, 0.15) is 34.8 Å². The number of aromatic amines is 1. The molecule has 6 nitrogen and oxygen atoms in total. The van der Waals surface area contributed by atoms with Crippen LogP contribution in [-0.2, 0) is 0 Å². The summed E-state index contributed by atoms with van der Waals surface area (Å²) in [7, 11) is 0. The maximum atomic E-state index is 11.8. The molecule has 0 radical (unpaired) electrons. The Labute approximate surface area is 121 Å². The summed E-state index contributed by atoms with van der Waals surface area (Å²) in [6.07, 6.45) is -0.452. The van der Waals surface area contributed by atoms with Gasteiger partial charge in [0.2, 0.25) is 0 Å². The van der Waals surface area contributed by atoms with Crippen LogP contribution >= 0.6 is 11.6 Å². The standard InChI is InChI=1S/C13H15ClN4O2/c1-7-11(13(19)16-15)12(18-17-7)8(2)20-10-6-4-3-5-9(10)14/h3-6,8H,15H2,1-2H3,(H,16,19)(H,17,18). The monoisotopic (exact) mass is 294 g/mol. The van der Waals surface area contributed by atoms with E-state index in [9.17, 15) is 4.79 Å². The zero-order valence-electron chi connectivity index (χ0n) is 11.1. The number of ether oxygens (including phenoxy) is 1. The molecule has 1 amide bonds. The van der Waals surface area contributed by atoms with Gasteiger partial charge in [-0.1, -0.05) is 23.7 Å². The number of aromatic nitrogens is 2. The second kappa shape index (κ2) is 5.94. The Morgan fingerprint density at radius 1 is 1.50 bits per heavy atom. The summed E-state index contributed by atoms with van der Waals surface area (Å²) in [5.41, 5.74) is 3.58. The maximum Gasteiger partial charge on any atom is 0.269 e. The molecule has 2 aromatic rings. The molecule has 106 valence electrons. The number of para-hydroxylation sites is 1. The van der Waals surface area contributed by atoms with Crippen molar-refractivity contribution < 1.29 is 9.53 Å². The summed E-state index contributed by atoms with van der Waals surface area (Å²) in [5.74, 6) is 5.29. The molecule has 1 unspecified atom stereocenters. The Hall–Kier alpha value is -2.05. The number of hydrazine groups is 1. The number of aryl methyl sites for hydroxylation is 1. The normalized spacial score (nSPS) is 12.0. The van der Waals surface area contributed by atoms with Crippen molar-refractivity contribution >= 4 is 17.5 Å². The first-order chi connectivity index (χ1) is 9.54. The van der Waals surface area contributed by atoms with Crippen LogP contribution in [0.5, 0.6) is 5.75 Å². The van der Waals surface area contributed by atoms with Crippen LogP contribution < -0.4 is 16.0 Å². The topological polar surface area (TPSA) is 93.0 Å². The van der Waals surface area contributed by atoms with Gasteiger partial charge in [-0.15, -0.1) is 0 Å². The predicted molar refractivity (Wildman–Crippen MR) is 75.5 cm³/mol. The average molecular weight is 295 g/mol. The fraction of sp³-hybridized carbons (Fsp3) is 0.231. The quantitative estimate of drug-likeness (QED) is 0.457. The van der Waals surface area contributed by atoms with E-state index in [1.54, 1.807) is 26.0 Å². The van der Waals surface area contributed by atoms with Gasteiger partial charge >= 0.3 is 0 Å². The summed E-state index contributed by atoms with van der Waals surface area (Å²) in [6.45, 7) is 3.52. The van der Waals surface area contributed by atoms with Crippen LogP contribution in [0, 0.1) is 6.92 Å². The molecule has 0 aliphatic heterocycles. The number of hydrogen-bond donors (Lipinski definition) is 3. The minimum Gasteiger partial charge on any atom is -0.483 e. The second-order valence-corrected chi connectivity index (χ2v) is 4.68. The smallest absolute Gasteiger partial charge is 0.269 e. The molecule has 0 aliphatic carbocycles. The molecule has 1 aromatic carbocycles. The first kappa shape index (κ1) is 14.4. The van der Waals surface area contributed by atoms with Gasteiger partial charge in [0.1, 0.15) is 17.5 Å². The molecule has 2 rings (SSSR count). The molecule has 1 heterocycles. The molecule has 1 atom stereocenters. The number of nitrogen functional groups attached to an aromatic ring is 1. The van der Waals surface area contributed by atoms with E-state index >= 15 is 0 Å². The van der Waals surface area contributed by atoms with Crippen molar-refractivity contribution in [3.05, 3.63) is 46.2 Å². The third kappa shape index (κ3) is 2.76. The summed E-state index contributed by atoms with van der Waals surface area (Å²) < 4.78 is 5.74. The Morgan fingerprint density at radius 2 is 2.20 bits per heavy atom. The Morgan fingerprint density at radius 3 is 2.85 bits per heavy atom. The minimum atomic E-state index is -0.452. The number of rotatable bonds is 4. The van der Waals surface area contributed by atoms with Gasteiger partial charge in [-0.3, -0.25) is 15.3 Å². The molecule has 7 heteroatoms. The Bertz CT molecular complexity index is 627. The molecular formula is C13H15ClN4O2. The fourth-order valence-electron chi connectivity index (χ4n) is 1.89. The number of nitrogens with one attached hydrogen (secondary N) is 2. The van der Waals surface area contributed by atoms with Crippen LogP contribution in [-0.4, -0.2) is 16.1 Å². The van der Waals surface area contributed by atoms with Gasteiger partial charge < -0.3 is 4.74 Å². The van der Waals surface area contributed by atoms with Crippen molar-refractivity contribution in [2.75, 3.05) is 0 Å². The zero-order valence-corrected chi connectivity index (χ0v) is 11.9. The number of H-pyrrole nitrogens is 1. The van der Waals surface area contributed by atoms with Crippen molar-refractivity contribution in [3.8, 4) is 5.75 Å². The number of nitrogens with zero attached hydrogens (tertiary/aromatic N) is 1. The molecule has 0 fully saturated rings. The third-order valence-electron chi connectivity index (χ3n) is 2.86. The van der Waals surface area contributed by atoms with Crippen LogP contribution in [0.15, 0.2) is 24.3 Å². The van der Waals surface area contributed by atoms with Gasteiger partial charge in [0.25, 0.3) is 5.91 Å². The van der Waals surface area contributed by atoms with Crippen molar-refractivity contribution in [2.45, 2.75) is 20.0 Å². The highest BCUT2D eigenvalue weighted by atomic mass is 35.5. The SMILES string of the molecule is Cc1[nH]nc(C(C)Oc2ccccc2Cl)c1C(=O)NN. The van der Waals surface area contributed by atoms with Crippen molar-refractivity contribution in [1.29, 1.82) is 0 Å². The number of nitrogens with two attached hydrogens (primary N) is 1. The molecule has 4 N–H and O–H groups in total. The second-order valence-electron chi connectivity index (χ2n) is 4.27. The summed E-state index contributed by atoms with van der Waals surface area (Å²) >= 11 is 6.04. The number of halogens is 1. The number of carbonyl (C=O) groups is 1. The molecule has 0 aliphatic rings. The van der Waals surface area contributed by atoms with Crippen LogP contribution in [0.25, 0.3) is 0 Å². The molecule has 0 bridgehead atoms. The molecule has 0 saturated heterocycles. The van der Waals surface area contributed by atoms with Gasteiger partial charge in [0.15, 0.2) is 0 Å². The largest absolute Gasteiger partial charge is 0.483 e. The van der Waals surface area contributed by atoms with Gasteiger partial charge in [-0.05, 0) is 26.0 Å². The van der Waals surface area contributed by atoms with Crippen LogP contribution in [0.2, 0.25) is 5.02 Å². The third-order valence-corrected chi connectivity index (χ3v) is 3.17. The fourth-order valence-corrected chi connectivity index (χ4v) is 2.07. The highest BCUT2D eigenvalue weighted by Gasteiger charge is 2.23. The van der Waals surface area contributed by atoms with E-state index in [4.69, 9.17) is 22.2 Å². The first-order valence-corrected chi connectivity index (χ1v) is 6.39. The predicted octanol–water partition coefficient (Wildman–Crippen LogP) is 2.12. The lowest BCUT2D eigenvalue weighted by molar-refractivity contribution is 0.0948. The number of benzene rings is 1. The van der Waals surface area contributed by atoms with E-state index in [0.717, 1.165) is 0 Å². The van der Waals surface area contributed by atoms with Crippen molar-refractivity contribution in [3.63, 3.8) is 0 Å². The molecule has 1 aromatic heterocycles. The van der Waals surface area contributed by atoms with E-state index in [-0.39, 0.29) is 0 Å². The Balaban J connectivity index is 2.28. The summed E-state index contributed by atoms with van der Waals surface area (Å²) in [5, 5.41) is 7.35. The van der Waals surface area contributed by atoms with E-state index < -0.39 is 12.0 Å².